The molecule has 1 atom stereocenters. The third-order valence-electron chi connectivity index (χ3n) is 2.73. The first-order valence-corrected chi connectivity index (χ1v) is 5.81. The molecule has 1 aromatic heterocycles. The normalized spacial score (nSPS) is 12.4. The summed E-state index contributed by atoms with van der Waals surface area (Å²) >= 11 is 6.00. The van der Waals surface area contributed by atoms with Crippen LogP contribution in [0.25, 0.3) is 0 Å². The van der Waals surface area contributed by atoms with Gasteiger partial charge in [0.05, 0.1) is 24.4 Å². The molecule has 6 heteroatoms. The first kappa shape index (κ1) is 12.9. The molecule has 5 nitrogen and oxygen atoms in total. The number of hydrazine groups is 1. The summed E-state index contributed by atoms with van der Waals surface area (Å²) in [4.78, 5) is 0. The number of aryl methyl sites for hydroxylation is 1. The lowest BCUT2D eigenvalue weighted by Crippen LogP contribution is -2.28. The minimum atomic E-state index is -0.148. The number of benzene rings is 1. The number of nitrogens with two attached hydrogens (primary N) is 1. The fourth-order valence-corrected chi connectivity index (χ4v) is 2.02. The highest BCUT2D eigenvalue weighted by molar-refractivity contribution is 6.32. The van der Waals surface area contributed by atoms with Gasteiger partial charge in [0.15, 0.2) is 0 Å². The first-order chi connectivity index (χ1) is 8.65. The summed E-state index contributed by atoms with van der Waals surface area (Å²) < 4.78 is 6.93. The second-order valence-electron chi connectivity index (χ2n) is 3.94. The second kappa shape index (κ2) is 5.39. The Hall–Kier alpha value is -1.56. The van der Waals surface area contributed by atoms with Crippen molar-refractivity contribution >= 4 is 11.6 Å². The summed E-state index contributed by atoms with van der Waals surface area (Å²) in [5.41, 5.74) is 4.71. The van der Waals surface area contributed by atoms with Gasteiger partial charge in [-0.1, -0.05) is 17.7 Å². The van der Waals surface area contributed by atoms with E-state index in [1.165, 1.54) is 0 Å². The standard InChI is InChI=1S/C12H15ClN4O/c1-17-7-9(6-15-17)12(16-14)8-3-4-10(13)11(5-8)18-2/h3-7,12,16H,14H2,1-2H3. The van der Waals surface area contributed by atoms with E-state index in [0.29, 0.717) is 10.8 Å². The number of hydrogen-bond donors (Lipinski definition) is 2. The smallest absolute Gasteiger partial charge is 0.137 e. The van der Waals surface area contributed by atoms with Crippen LogP contribution in [-0.4, -0.2) is 16.9 Å². The van der Waals surface area contributed by atoms with Crippen LogP contribution in [0.15, 0.2) is 30.6 Å². The van der Waals surface area contributed by atoms with E-state index < -0.39 is 0 Å². The summed E-state index contributed by atoms with van der Waals surface area (Å²) in [6.07, 6.45) is 3.68. The van der Waals surface area contributed by atoms with Crippen molar-refractivity contribution in [2.24, 2.45) is 12.9 Å². The maximum absolute atomic E-state index is 6.00. The largest absolute Gasteiger partial charge is 0.495 e. The van der Waals surface area contributed by atoms with E-state index in [1.807, 2.05) is 25.4 Å². The number of aromatic nitrogens is 2. The summed E-state index contributed by atoms with van der Waals surface area (Å²) in [6, 6.07) is 5.41. The highest BCUT2D eigenvalue weighted by Crippen LogP contribution is 2.29. The van der Waals surface area contributed by atoms with E-state index in [9.17, 15) is 0 Å². The van der Waals surface area contributed by atoms with Crippen LogP contribution in [0.5, 0.6) is 5.75 Å². The van der Waals surface area contributed by atoms with Crippen molar-refractivity contribution in [1.82, 2.24) is 15.2 Å². The molecule has 0 fully saturated rings. The van der Waals surface area contributed by atoms with Crippen LogP contribution < -0.4 is 16.0 Å². The molecule has 2 aromatic rings. The van der Waals surface area contributed by atoms with E-state index in [2.05, 4.69) is 10.5 Å². The number of nitrogens with one attached hydrogen (secondary N) is 1. The average molecular weight is 267 g/mol. The third kappa shape index (κ3) is 2.48. The van der Waals surface area contributed by atoms with Crippen molar-refractivity contribution in [2.75, 3.05) is 7.11 Å². The Kier molecular flexibility index (Phi) is 3.86. The van der Waals surface area contributed by atoms with E-state index in [0.717, 1.165) is 11.1 Å². The van der Waals surface area contributed by atoms with Crippen molar-refractivity contribution in [3.8, 4) is 5.75 Å². The molecule has 0 amide bonds. The van der Waals surface area contributed by atoms with Gasteiger partial charge in [0, 0.05) is 18.8 Å². The van der Waals surface area contributed by atoms with Crippen molar-refractivity contribution in [3.05, 3.63) is 46.7 Å². The van der Waals surface area contributed by atoms with Gasteiger partial charge in [-0.05, 0) is 17.7 Å². The summed E-state index contributed by atoms with van der Waals surface area (Å²) in [6.45, 7) is 0. The molecule has 0 spiro atoms. The van der Waals surface area contributed by atoms with E-state index in [-0.39, 0.29) is 6.04 Å². The molecule has 1 aromatic carbocycles. The fraction of sp³-hybridized carbons (Fsp3) is 0.250. The molecule has 1 unspecified atom stereocenters. The Morgan fingerprint density at radius 3 is 2.78 bits per heavy atom. The maximum atomic E-state index is 6.00. The zero-order valence-corrected chi connectivity index (χ0v) is 11.0. The average Bonchev–Trinajstić information content (AvgIpc) is 2.79. The predicted molar refractivity (Wildman–Crippen MR) is 70.4 cm³/mol. The molecule has 0 saturated carbocycles. The minimum Gasteiger partial charge on any atom is -0.495 e. The van der Waals surface area contributed by atoms with Crippen molar-refractivity contribution in [3.63, 3.8) is 0 Å². The number of ether oxygens (including phenoxy) is 1. The number of rotatable bonds is 4. The molecule has 0 radical (unpaired) electrons. The molecule has 0 aliphatic heterocycles. The molecular weight excluding hydrogens is 252 g/mol. The maximum Gasteiger partial charge on any atom is 0.137 e. The minimum absolute atomic E-state index is 0.148. The molecule has 18 heavy (non-hydrogen) atoms. The van der Waals surface area contributed by atoms with Gasteiger partial charge < -0.3 is 4.74 Å². The van der Waals surface area contributed by atoms with E-state index in [1.54, 1.807) is 24.1 Å². The summed E-state index contributed by atoms with van der Waals surface area (Å²) in [5, 5.41) is 4.71. The topological polar surface area (TPSA) is 65.1 Å². The molecule has 2 rings (SSSR count). The zero-order valence-electron chi connectivity index (χ0n) is 10.2. The summed E-state index contributed by atoms with van der Waals surface area (Å²) in [7, 11) is 3.44. The Morgan fingerprint density at radius 2 is 2.22 bits per heavy atom. The quantitative estimate of drug-likeness (QED) is 0.652. The van der Waals surface area contributed by atoms with Crippen LogP contribution in [-0.2, 0) is 7.05 Å². The lowest BCUT2D eigenvalue weighted by Gasteiger charge is -2.16. The lowest BCUT2D eigenvalue weighted by molar-refractivity contribution is 0.414. The van der Waals surface area contributed by atoms with E-state index in [4.69, 9.17) is 22.2 Å². The Morgan fingerprint density at radius 1 is 1.44 bits per heavy atom. The number of nitrogens with zero attached hydrogens (tertiary/aromatic N) is 2. The third-order valence-corrected chi connectivity index (χ3v) is 3.05. The van der Waals surface area contributed by atoms with Gasteiger partial charge in [0.2, 0.25) is 0 Å². The van der Waals surface area contributed by atoms with Crippen molar-refractivity contribution in [2.45, 2.75) is 6.04 Å². The van der Waals surface area contributed by atoms with Gasteiger partial charge in [-0.2, -0.15) is 5.10 Å². The van der Waals surface area contributed by atoms with Gasteiger partial charge in [0.1, 0.15) is 5.75 Å². The molecule has 3 N–H and O–H groups in total. The highest BCUT2D eigenvalue weighted by atomic mass is 35.5. The van der Waals surface area contributed by atoms with E-state index >= 15 is 0 Å². The van der Waals surface area contributed by atoms with Gasteiger partial charge in [-0.15, -0.1) is 0 Å². The summed E-state index contributed by atoms with van der Waals surface area (Å²) in [5.74, 6) is 6.24. The van der Waals surface area contributed by atoms with Gasteiger partial charge in [-0.25, -0.2) is 5.43 Å². The molecule has 0 aliphatic rings. The van der Waals surface area contributed by atoms with Crippen LogP contribution >= 0.6 is 11.6 Å². The number of methoxy groups -OCH3 is 1. The molecule has 0 bridgehead atoms. The number of hydrogen-bond acceptors (Lipinski definition) is 4. The zero-order chi connectivity index (χ0) is 13.1. The van der Waals surface area contributed by atoms with Crippen LogP contribution in [0.3, 0.4) is 0 Å². The Labute approximate surface area is 110 Å². The van der Waals surface area contributed by atoms with Gasteiger partial charge >= 0.3 is 0 Å². The van der Waals surface area contributed by atoms with Gasteiger partial charge in [-0.3, -0.25) is 10.5 Å². The molecule has 96 valence electrons. The highest BCUT2D eigenvalue weighted by Gasteiger charge is 2.15. The lowest BCUT2D eigenvalue weighted by atomic mass is 10.0. The van der Waals surface area contributed by atoms with Crippen LogP contribution in [0.1, 0.15) is 17.2 Å². The van der Waals surface area contributed by atoms with Crippen LogP contribution in [0.4, 0.5) is 0 Å². The van der Waals surface area contributed by atoms with Crippen LogP contribution in [0.2, 0.25) is 5.02 Å². The monoisotopic (exact) mass is 266 g/mol. The fourth-order valence-electron chi connectivity index (χ4n) is 1.83. The second-order valence-corrected chi connectivity index (χ2v) is 4.35. The number of halogens is 1. The van der Waals surface area contributed by atoms with Crippen molar-refractivity contribution in [1.29, 1.82) is 0 Å². The van der Waals surface area contributed by atoms with Crippen molar-refractivity contribution < 1.29 is 4.74 Å². The predicted octanol–water partition coefficient (Wildman–Crippen LogP) is 1.63. The van der Waals surface area contributed by atoms with Gasteiger partial charge in [0.25, 0.3) is 0 Å². The Bertz CT molecular complexity index is 541. The van der Waals surface area contributed by atoms with Crippen LogP contribution in [0, 0.1) is 0 Å². The molecule has 0 aliphatic carbocycles. The first-order valence-electron chi connectivity index (χ1n) is 5.44. The Balaban J connectivity index is 2.38. The SMILES string of the molecule is COc1cc(C(NN)c2cnn(C)c2)ccc1Cl. The molecular formula is C12H15ClN4O. The molecule has 0 saturated heterocycles. The molecule has 1 heterocycles.